The van der Waals surface area contributed by atoms with Crippen LogP contribution >= 0.6 is 0 Å². The maximum absolute atomic E-state index is 13.7. The van der Waals surface area contributed by atoms with Gasteiger partial charge >= 0.3 is 0 Å². The molecule has 98 valence electrons. The van der Waals surface area contributed by atoms with Crippen molar-refractivity contribution in [3.63, 3.8) is 0 Å². The van der Waals surface area contributed by atoms with Gasteiger partial charge in [0.25, 0.3) is 0 Å². The first-order valence-electron chi connectivity index (χ1n) is 6.17. The molecule has 18 heavy (non-hydrogen) atoms. The molecule has 0 amide bonds. The molecule has 0 saturated heterocycles. The summed E-state index contributed by atoms with van der Waals surface area (Å²) in [5, 5.41) is 14.6. The second-order valence-electron chi connectivity index (χ2n) is 4.72. The van der Waals surface area contributed by atoms with Crippen LogP contribution in [0.4, 0.5) is 4.39 Å². The number of oxime groups is 1. The molecule has 1 aliphatic carbocycles. The second kappa shape index (κ2) is 5.82. The van der Waals surface area contributed by atoms with Crippen molar-refractivity contribution >= 4 is 5.84 Å². The Morgan fingerprint density at radius 2 is 2.28 bits per heavy atom. The summed E-state index contributed by atoms with van der Waals surface area (Å²) >= 11 is 0. The van der Waals surface area contributed by atoms with Gasteiger partial charge in [-0.05, 0) is 31.4 Å². The van der Waals surface area contributed by atoms with E-state index >= 15 is 0 Å². The SMILES string of the molecule is NC(=NO)c1ccc(CNCC2CCC2)c(F)c1. The molecule has 2 rings (SSSR count). The van der Waals surface area contributed by atoms with Crippen LogP contribution in [-0.2, 0) is 6.54 Å². The summed E-state index contributed by atoms with van der Waals surface area (Å²) in [5.74, 6) is 0.340. The van der Waals surface area contributed by atoms with E-state index in [-0.39, 0.29) is 11.7 Å². The highest BCUT2D eigenvalue weighted by atomic mass is 19.1. The van der Waals surface area contributed by atoms with Gasteiger partial charge in [-0.1, -0.05) is 23.7 Å². The van der Waals surface area contributed by atoms with Crippen LogP contribution in [0.5, 0.6) is 0 Å². The maximum atomic E-state index is 13.7. The van der Waals surface area contributed by atoms with Crippen molar-refractivity contribution in [1.29, 1.82) is 0 Å². The molecule has 4 nitrogen and oxygen atoms in total. The van der Waals surface area contributed by atoms with Gasteiger partial charge in [-0.2, -0.15) is 0 Å². The van der Waals surface area contributed by atoms with Crippen LogP contribution in [0, 0.1) is 11.7 Å². The number of hydrogen-bond acceptors (Lipinski definition) is 3. The van der Waals surface area contributed by atoms with Gasteiger partial charge in [0, 0.05) is 17.7 Å². The fraction of sp³-hybridized carbons (Fsp3) is 0.462. The summed E-state index contributed by atoms with van der Waals surface area (Å²) in [7, 11) is 0. The minimum atomic E-state index is -0.333. The monoisotopic (exact) mass is 251 g/mol. The Bertz CT molecular complexity index is 444. The van der Waals surface area contributed by atoms with Crippen LogP contribution in [0.3, 0.4) is 0 Å². The topological polar surface area (TPSA) is 70.6 Å². The van der Waals surface area contributed by atoms with Crippen molar-refractivity contribution in [3.05, 3.63) is 35.1 Å². The summed E-state index contributed by atoms with van der Waals surface area (Å²) in [6, 6.07) is 4.60. The molecule has 5 heteroatoms. The first-order chi connectivity index (χ1) is 8.70. The zero-order valence-corrected chi connectivity index (χ0v) is 10.2. The third-order valence-corrected chi connectivity index (χ3v) is 3.43. The van der Waals surface area contributed by atoms with Gasteiger partial charge in [0.15, 0.2) is 5.84 Å². The van der Waals surface area contributed by atoms with E-state index in [2.05, 4.69) is 10.5 Å². The number of nitrogens with one attached hydrogen (secondary N) is 1. The molecule has 0 atom stereocenters. The van der Waals surface area contributed by atoms with E-state index in [1.54, 1.807) is 12.1 Å². The zero-order valence-electron chi connectivity index (χ0n) is 10.2. The quantitative estimate of drug-likeness (QED) is 0.323. The van der Waals surface area contributed by atoms with Crippen LogP contribution in [0.2, 0.25) is 0 Å². The number of amidine groups is 1. The fourth-order valence-electron chi connectivity index (χ4n) is 2.02. The molecule has 1 fully saturated rings. The largest absolute Gasteiger partial charge is 0.409 e. The second-order valence-corrected chi connectivity index (χ2v) is 4.72. The third-order valence-electron chi connectivity index (χ3n) is 3.43. The molecule has 0 heterocycles. The van der Waals surface area contributed by atoms with Crippen LogP contribution in [0.15, 0.2) is 23.4 Å². The van der Waals surface area contributed by atoms with Crippen LogP contribution < -0.4 is 11.1 Å². The van der Waals surface area contributed by atoms with Crippen molar-refractivity contribution in [2.75, 3.05) is 6.54 Å². The predicted molar refractivity (Wildman–Crippen MR) is 68.0 cm³/mol. The molecule has 1 saturated carbocycles. The van der Waals surface area contributed by atoms with Gasteiger partial charge in [0.05, 0.1) is 0 Å². The summed E-state index contributed by atoms with van der Waals surface area (Å²) in [4.78, 5) is 0. The van der Waals surface area contributed by atoms with Crippen molar-refractivity contribution in [3.8, 4) is 0 Å². The Morgan fingerprint density at radius 1 is 1.50 bits per heavy atom. The van der Waals surface area contributed by atoms with E-state index in [1.165, 1.54) is 25.3 Å². The lowest BCUT2D eigenvalue weighted by Crippen LogP contribution is -2.27. The molecular weight excluding hydrogens is 233 g/mol. The normalized spacial score (nSPS) is 16.6. The number of benzene rings is 1. The fourth-order valence-corrected chi connectivity index (χ4v) is 2.02. The summed E-state index contributed by atoms with van der Waals surface area (Å²) in [6.07, 6.45) is 3.87. The Kier molecular flexibility index (Phi) is 4.15. The highest BCUT2D eigenvalue weighted by Gasteiger charge is 2.16. The van der Waals surface area contributed by atoms with Crippen LogP contribution in [0.1, 0.15) is 30.4 Å². The summed E-state index contributed by atoms with van der Waals surface area (Å²) < 4.78 is 13.7. The molecule has 0 aliphatic heterocycles. The molecule has 1 aromatic rings. The van der Waals surface area contributed by atoms with Gasteiger partial charge in [-0.15, -0.1) is 0 Å². The predicted octanol–water partition coefficient (Wildman–Crippen LogP) is 1.81. The Hall–Kier alpha value is -1.62. The molecule has 0 unspecified atom stereocenters. The molecule has 0 radical (unpaired) electrons. The molecular formula is C13H18FN3O. The minimum Gasteiger partial charge on any atom is -0.409 e. The number of nitrogens with two attached hydrogens (primary N) is 1. The van der Waals surface area contributed by atoms with Gasteiger partial charge in [0.2, 0.25) is 0 Å². The van der Waals surface area contributed by atoms with E-state index in [1.807, 2.05) is 0 Å². The van der Waals surface area contributed by atoms with E-state index in [9.17, 15) is 4.39 Å². The van der Waals surface area contributed by atoms with Gasteiger partial charge in [0.1, 0.15) is 5.82 Å². The maximum Gasteiger partial charge on any atom is 0.170 e. The zero-order chi connectivity index (χ0) is 13.0. The molecule has 0 bridgehead atoms. The first-order valence-corrected chi connectivity index (χ1v) is 6.17. The Balaban J connectivity index is 1.92. The van der Waals surface area contributed by atoms with Gasteiger partial charge in [-0.3, -0.25) is 0 Å². The van der Waals surface area contributed by atoms with Crippen molar-refractivity contribution in [2.24, 2.45) is 16.8 Å². The number of halogens is 1. The molecule has 1 aromatic carbocycles. The molecule has 4 N–H and O–H groups in total. The lowest BCUT2D eigenvalue weighted by atomic mass is 9.85. The number of hydrogen-bond donors (Lipinski definition) is 3. The van der Waals surface area contributed by atoms with E-state index in [4.69, 9.17) is 10.9 Å². The van der Waals surface area contributed by atoms with E-state index in [0.717, 1.165) is 12.5 Å². The Labute approximate surface area is 106 Å². The van der Waals surface area contributed by atoms with Crippen molar-refractivity contribution < 1.29 is 9.60 Å². The van der Waals surface area contributed by atoms with E-state index < -0.39 is 0 Å². The molecule has 1 aliphatic rings. The summed E-state index contributed by atoms with van der Waals surface area (Å²) in [5.41, 5.74) is 6.38. The van der Waals surface area contributed by atoms with Crippen molar-refractivity contribution in [1.82, 2.24) is 5.32 Å². The van der Waals surface area contributed by atoms with Gasteiger partial charge in [-0.25, -0.2) is 4.39 Å². The van der Waals surface area contributed by atoms with Crippen LogP contribution in [0.25, 0.3) is 0 Å². The smallest absolute Gasteiger partial charge is 0.170 e. The molecule has 0 spiro atoms. The first kappa shape index (κ1) is 12.8. The summed E-state index contributed by atoms with van der Waals surface area (Å²) in [6.45, 7) is 1.46. The number of nitrogens with zero attached hydrogens (tertiary/aromatic N) is 1. The highest BCUT2D eigenvalue weighted by Crippen LogP contribution is 2.25. The van der Waals surface area contributed by atoms with E-state index in [0.29, 0.717) is 17.7 Å². The average molecular weight is 251 g/mol. The highest BCUT2D eigenvalue weighted by molar-refractivity contribution is 5.97. The lowest BCUT2D eigenvalue weighted by Gasteiger charge is -2.25. The van der Waals surface area contributed by atoms with Crippen LogP contribution in [-0.4, -0.2) is 17.6 Å². The number of rotatable bonds is 5. The average Bonchev–Trinajstić information content (AvgIpc) is 2.32. The van der Waals surface area contributed by atoms with Gasteiger partial charge < -0.3 is 16.3 Å². The van der Waals surface area contributed by atoms with Crippen molar-refractivity contribution in [2.45, 2.75) is 25.8 Å². The minimum absolute atomic E-state index is 0.0807. The molecule has 0 aromatic heterocycles. The Morgan fingerprint density at radius 3 is 2.83 bits per heavy atom. The standard InChI is InChI=1S/C13H18FN3O/c14-12-6-10(13(15)17-18)4-5-11(12)8-16-7-9-2-1-3-9/h4-6,9,16,18H,1-3,7-8H2,(H2,15,17). The lowest BCUT2D eigenvalue weighted by molar-refractivity contribution is 0.301. The third kappa shape index (κ3) is 2.98.